The summed E-state index contributed by atoms with van der Waals surface area (Å²) in [4.78, 5) is 0. The molecule has 1 aromatic rings. The zero-order chi connectivity index (χ0) is 22.5. The third-order valence-corrected chi connectivity index (χ3v) is 12.6. The Morgan fingerprint density at radius 2 is 1.42 bits per heavy atom. The van der Waals surface area contributed by atoms with E-state index in [0.717, 1.165) is 28.3 Å². The van der Waals surface area contributed by atoms with Crippen LogP contribution in [0.25, 0.3) is 6.08 Å². The molecule has 1 nitrogen and oxygen atoms in total. The van der Waals surface area contributed by atoms with Gasteiger partial charge in [0.1, 0.15) is 10.8 Å². The molecule has 184 valence electrons. The van der Waals surface area contributed by atoms with Crippen molar-refractivity contribution < 1.29 is 24.2 Å². The van der Waals surface area contributed by atoms with Crippen LogP contribution in [0.3, 0.4) is 0 Å². The van der Waals surface area contributed by atoms with Gasteiger partial charge in [0, 0.05) is 11.2 Å². The van der Waals surface area contributed by atoms with Crippen LogP contribution in [-0.4, -0.2) is 23.1 Å². The van der Waals surface area contributed by atoms with E-state index in [1.54, 1.807) is 5.57 Å². The first-order valence-corrected chi connectivity index (χ1v) is 15.5. The molecule has 5 heteroatoms. The van der Waals surface area contributed by atoms with Crippen LogP contribution in [0.1, 0.15) is 109 Å². The standard InChI is InChI=1S/C28H41Cl2OP.Ru/c1-20(2)31-28-22(17-18-25(29)27(28)30)19-21-11-9-10-16-26(21)32(23-12-5-3-6-13-23)24-14-7-4-8-15-24;/h17-20,23-24,26H,3-16H2,1-2H3;/q;+2. The summed E-state index contributed by atoms with van der Waals surface area (Å²) >= 11 is 13.0. The van der Waals surface area contributed by atoms with Gasteiger partial charge in [0.25, 0.3) is 0 Å². The third-order valence-electron chi connectivity index (χ3n) is 7.75. The SMILES string of the molecule is CC(C)Oc1c(C=C2CCCCC2P(C2CCCCC2)C2CCCCC2)ccc(Cl)c1Cl.[Ru+2]. The van der Waals surface area contributed by atoms with Crippen molar-refractivity contribution in [2.45, 2.75) is 127 Å². The second-order valence-electron chi connectivity index (χ2n) is 10.5. The summed E-state index contributed by atoms with van der Waals surface area (Å²) in [5.74, 6) is 0.769. The maximum atomic E-state index is 6.62. The normalized spacial score (nSPS) is 24.3. The van der Waals surface area contributed by atoms with E-state index < -0.39 is 0 Å². The molecule has 1 aromatic carbocycles. The molecule has 0 spiro atoms. The first-order chi connectivity index (χ1) is 15.5. The molecule has 1 unspecified atom stereocenters. The van der Waals surface area contributed by atoms with Crippen molar-refractivity contribution >= 4 is 37.2 Å². The van der Waals surface area contributed by atoms with Gasteiger partial charge in [0.2, 0.25) is 0 Å². The van der Waals surface area contributed by atoms with E-state index in [1.807, 2.05) is 6.07 Å². The molecular formula is C28H41Cl2OPRu+2. The molecule has 0 bridgehead atoms. The molecular weight excluding hydrogens is 555 g/mol. The van der Waals surface area contributed by atoms with Gasteiger partial charge in [-0.2, -0.15) is 0 Å². The van der Waals surface area contributed by atoms with Gasteiger partial charge < -0.3 is 4.74 Å². The molecule has 0 N–H and O–H groups in total. The summed E-state index contributed by atoms with van der Waals surface area (Å²) in [6.07, 6.45) is 22.6. The molecule has 0 amide bonds. The Labute approximate surface area is 226 Å². The van der Waals surface area contributed by atoms with Gasteiger partial charge in [-0.05, 0) is 82.2 Å². The van der Waals surface area contributed by atoms with Crippen LogP contribution in [0.2, 0.25) is 10.0 Å². The van der Waals surface area contributed by atoms with E-state index in [-0.39, 0.29) is 33.5 Å². The fourth-order valence-electron chi connectivity index (χ4n) is 6.31. The van der Waals surface area contributed by atoms with Gasteiger partial charge in [0.15, 0.2) is 0 Å². The Morgan fingerprint density at radius 1 is 0.848 bits per heavy atom. The zero-order valence-corrected chi connectivity index (χ0v) is 24.6. The average Bonchev–Trinajstić information content (AvgIpc) is 2.81. The number of hydrogen-bond acceptors (Lipinski definition) is 1. The fourth-order valence-corrected chi connectivity index (χ4v) is 11.3. The van der Waals surface area contributed by atoms with Gasteiger partial charge in [0.05, 0.1) is 11.1 Å². The third kappa shape index (κ3) is 7.22. The Morgan fingerprint density at radius 3 is 2.00 bits per heavy atom. The summed E-state index contributed by atoms with van der Waals surface area (Å²) in [5, 5.41) is 1.14. The number of hydrogen-bond donors (Lipinski definition) is 0. The van der Waals surface area contributed by atoms with E-state index in [9.17, 15) is 0 Å². The van der Waals surface area contributed by atoms with Crippen molar-refractivity contribution in [3.63, 3.8) is 0 Å². The first kappa shape index (κ1) is 28.0. The number of benzene rings is 1. The van der Waals surface area contributed by atoms with Gasteiger partial charge in [-0.1, -0.05) is 87.7 Å². The number of rotatable bonds is 6. The average molecular weight is 597 g/mol. The van der Waals surface area contributed by atoms with E-state index in [1.165, 1.54) is 89.9 Å². The van der Waals surface area contributed by atoms with Crippen LogP contribution < -0.4 is 4.74 Å². The topological polar surface area (TPSA) is 9.23 Å². The first-order valence-electron chi connectivity index (χ1n) is 13.2. The molecule has 33 heavy (non-hydrogen) atoms. The van der Waals surface area contributed by atoms with Gasteiger partial charge in [-0.15, -0.1) is 0 Å². The quantitative estimate of drug-likeness (QED) is 0.235. The Kier molecular flexibility index (Phi) is 11.6. The number of ether oxygens (including phenoxy) is 1. The second kappa shape index (κ2) is 13.6. The number of halogens is 2. The van der Waals surface area contributed by atoms with Gasteiger partial charge in [-0.3, -0.25) is 0 Å². The molecule has 0 radical (unpaired) electrons. The summed E-state index contributed by atoms with van der Waals surface area (Å²) in [6.45, 7) is 4.12. The number of allylic oxidation sites excluding steroid dienone is 1. The van der Waals surface area contributed by atoms with E-state index in [0.29, 0.717) is 10.0 Å². The Balaban J connectivity index is 0.00000306. The molecule has 0 aliphatic heterocycles. The largest absolute Gasteiger partial charge is 2.00 e. The molecule has 0 heterocycles. The molecule has 0 aromatic heterocycles. The smallest absolute Gasteiger partial charge is 0.489 e. The van der Waals surface area contributed by atoms with Gasteiger partial charge >= 0.3 is 19.5 Å². The predicted octanol–water partition coefficient (Wildman–Crippen LogP) is 10.3. The van der Waals surface area contributed by atoms with E-state index in [4.69, 9.17) is 27.9 Å². The predicted molar refractivity (Wildman–Crippen MR) is 143 cm³/mol. The van der Waals surface area contributed by atoms with Crippen LogP contribution in [0, 0.1) is 0 Å². The molecule has 3 saturated carbocycles. The maximum Gasteiger partial charge on any atom is 2.00 e. The molecule has 3 aliphatic rings. The maximum absolute atomic E-state index is 6.62. The minimum atomic E-state index is 0. The second-order valence-corrected chi connectivity index (χ2v) is 14.2. The van der Waals surface area contributed by atoms with Crippen LogP contribution in [0.5, 0.6) is 5.75 Å². The zero-order valence-electron chi connectivity index (χ0n) is 20.4. The van der Waals surface area contributed by atoms with Crippen LogP contribution in [0.4, 0.5) is 0 Å². The van der Waals surface area contributed by atoms with Crippen molar-refractivity contribution in [1.29, 1.82) is 0 Å². The fraction of sp³-hybridized carbons (Fsp3) is 0.714. The Bertz CT molecular complexity index is 766. The minimum absolute atomic E-state index is 0. The molecule has 1 atom stereocenters. The Hall–Kier alpha value is 0.393. The summed E-state index contributed by atoms with van der Waals surface area (Å²) in [6, 6.07) is 4.06. The van der Waals surface area contributed by atoms with Crippen molar-refractivity contribution in [3.05, 3.63) is 33.3 Å². The van der Waals surface area contributed by atoms with Crippen molar-refractivity contribution in [2.75, 3.05) is 0 Å². The van der Waals surface area contributed by atoms with Crippen LogP contribution in [-0.2, 0) is 19.5 Å². The summed E-state index contributed by atoms with van der Waals surface area (Å²) < 4.78 is 6.17. The minimum Gasteiger partial charge on any atom is -0.489 e. The monoisotopic (exact) mass is 596 g/mol. The summed E-state index contributed by atoms with van der Waals surface area (Å²) in [5.41, 5.74) is 5.59. The van der Waals surface area contributed by atoms with Crippen molar-refractivity contribution in [3.8, 4) is 5.75 Å². The molecule has 3 fully saturated rings. The van der Waals surface area contributed by atoms with E-state index in [2.05, 4.69) is 26.0 Å². The summed E-state index contributed by atoms with van der Waals surface area (Å²) in [7, 11) is 0.0410. The van der Waals surface area contributed by atoms with Crippen LogP contribution >= 0.6 is 31.1 Å². The van der Waals surface area contributed by atoms with Gasteiger partial charge in [-0.25, -0.2) is 0 Å². The molecule has 4 rings (SSSR count). The van der Waals surface area contributed by atoms with Crippen LogP contribution in [0.15, 0.2) is 17.7 Å². The van der Waals surface area contributed by atoms with Crippen molar-refractivity contribution in [1.82, 2.24) is 0 Å². The molecule has 0 saturated heterocycles. The van der Waals surface area contributed by atoms with E-state index >= 15 is 0 Å². The van der Waals surface area contributed by atoms with Crippen molar-refractivity contribution in [2.24, 2.45) is 0 Å². The molecule has 3 aliphatic carbocycles.